The molecule has 0 bridgehead atoms. The zero-order chi connectivity index (χ0) is 23.4. The molecule has 1 aromatic heterocycles. The summed E-state index contributed by atoms with van der Waals surface area (Å²) < 4.78 is 33.3. The van der Waals surface area contributed by atoms with E-state index in [1.54, 1.807) is 32.9 Å². The number of carbonyl (C=O) groups excluding carboxylic acids is 3. The van der Waals surface area contributed by atoms with E-state index in [2.05, 4.69) is 5.32 Å². The maximum absolute atomic E-state index is 12.3. The van der Waals surface area contributed by atoms with Gasteiger partial charge in [-0.1, -0.05) is 20.8 Å². The number of primary sulfonamides is 1. The summed E-state index contributed by atoms with van der Waals surface area (Å²) in [5.41, 5.74) is -0.608. The molecule has 0 fully saturated rings. The first-order valence-corrected chi connectivity index (χ1v) is 11.5. The van der Waals surface area contributed by atoms with Crippen LogP contribution in [0.25, 0.3) is 0 Å². The van der Waals surface area contributed by atoms with Gasteiger partial charge in [0, 0.05) is 10.3 Å². The Kier molecular flexibility index (Phi) is 7.58. The normalized spacial score (nSPS) is 11.6. The quantitative estimate of drug-likeness (QED) is 0.446. The van der Waals surface area contributed by atoms with E-state index in [0.29, 0.717) is 4.88 Å². The molecule has 0 saturated carbocycles. The van der Waals surface area contributed by atoms with E-state index in [-0.39, 0.29) is 28.7 Å². The van der Waals surface area contributed by atoms with Crippen LogP contribution >= 0.6 is 11.3 Å². The minimum Gasteiger partial charge on any atom is -0.495 e. The van der Waals surface area contributed by atoms with E-state index < -0.39 is 33.8 Å². The number of esters is 1. The zero-order valence-electron chi connectivity index (χ0n) is 17.6. The van der Waals surface area contributed by atoms with Crippen molar-refractivity contribution in [3.05, 3.63) is 45.6 Å². The molecule has 3 N–H and O–H groups in total. The van der Waals surface area contributed by atoms with E-state index in [1.165, 1.54) is 30.6 Å². The number of rotatable bonds is 8. The van der Waals surface area contributed by atoms with Crippen molar-refractivity contribution in [2.45, 2.75) is 32.2 Å². The minimum absolute atomic E-state index is 0.0141. The number of carbonyl (C=O) groups is 3. The number of benzene rings is 1. The van der Waals surface area contributed by atoms with Crippen molar-refractivity contribution in [1.82, 2.24) is 5.32 Å². The Balaban J connectivity index is 2.00. The second-order valence-electron chi connectivity index (χ2n) is 7.61. The summed E-state index contributed by atoms with van der Waals surface area (Å²) in [6.45, 7) is 5.16. The SMILES string of the molecule is COc1ccc(C(=O)OCC(=O)c2ccc(CNC(=O)C(C)(C)C)s2)cc1S(N)(=O)=O. The highest BCUT2D eigenvalue weighted by atomic mass is 32.2. The molecule has 0 spiro atoms. The van der Waals surface area contributed by atoms with Crippen molar-refractivity contribution in [2.75, 3.05) is 13.7 Å². The molecule has 11 heteroatoms. The van der Waals surface area contributed by atoms with Gasteiger partial charge in [0.05, 0.1) is 24.1 Å². The fourth-order valence-corrected chi connectivity index (χ4v) is 3.96. The highest BCUT2D eigenvalue weighted by Crippen LogP contribution is 2.24. The predicted molar refractivity (Wildman–Crippen MR) is 115 cm³/mol. The van der Waals surface area contributed by atoms with Gasteiger partial charge >= 0.3 is 5.97 Å². The first kappa shape index (κ1) is 24.5. The molecular formula is C20H24N2O7S2. The molecule has 0 unspecified atom stereocenters. The van der Waals surface area contributed by atoms with Crippen LogP contribution in [0.15, 0.2) is 35.2 Å². The molecule has 9 nitrogen and oxygen atoms in total. The number of nitrogens with two attached hydrogens (primary N) is 1. The fourth-order valence-electron chi connectivity index (χ4n) is 2.37. The lowest BCUT2D eigenvalue weighted by molar-refractivity contribution is -0.128. The lowest BCUT2D eigenvalue weighted by Crippen LogP contribution is -2.34. The fraction of sp³-hybridized carbons (Fsp3) is 0.350. The van der Waals surface area contributed by atoms with Gasteiger partial charge in [0.2, 0.25) is 21.7 Å². The lowest BCUT2D eigenvalue weighted by atomic mass is 9.96. The Morgan fingerprint density at radius 2 is 1.81 bits per heavy atom. The van der Waals surface area contributed by atoms with E-state index in [9.17, 15) is 22.8 Å². The van der Waals surface area contributed by atoms with Gasteiger partial charge in [0.15, 0.2) is 6.61 Å². The summed E-state index contributed by atoms with van der Waals surface area (Å²) in [7, 11) is -2.85. The molecule has 0 aliphatic carbocycles. The molecule has 1 heterocycles. The summed E-state index contributed by atoms with van der Waals surface area (Å²) in [4.78, 5) is 37.3. The Labute approximate surface area is 184 Å². The van der Waals surface area contributed by atoms with Gasteiger partial charge < -0.3 is 14.8 Å². The molecule has 0 aliphatic rings. The number of thiophene rings is 1. The summed E-state index contributed by atoms with van der Waals surface area (Å²) >= 11 is 1.18. The Bertz CT molecular complexity index is 1100. The van der Waals surface area contributed by atoms with Crippen LogP contribution in [0.4, 0.5) is 0 Å². The lowest BCUT2D eigenvalue weighted by Gasteiger charge is -2.17. The molecule has 31 heavy (non-hydrogen) atoms. The van der Waals surface area contributed by atoms with Crippen LogP contribution < -0.4 is 15.2 Å². The van der Waals surface area contributed by atoms with Crippen LogP contribution in [0.5, 0.6) is 5.75 Å². The first-order valence-electron chi connectivity index (χ1n) is 9.11. The third kappa shape index (κ3) is 6.61. The van der Waals surface area contributed by atoms with Gasteiger partial charge in [-0.25, -0.2) is 18.4 Å². The zero-order valence-corrected chi connectivity index (χ0v) is 19.2. The summed E-state index contributed by atoms with van der Waals surface area (Å²) in [5, 5.41) is 7.93. The second-order valence-corrected chi connectivity index (χ2v) is 10.3. The maximum atomic E-state index is 12.3. The topological polar surface area (TPSA) is 142 Å². The molecule has 1 aromatic carbocycles. The highest BCUT2D eigenvalue weighted by Gasteiger charge is 2.22. The van der Waals surface area contributed by atoms with Gasteiger partial charge in [0.1, 0.15) is 10.6 Å². The van der Waals surface area contributed by atoms with Crippen LogP contribution in [-0.2, 0) is 26.1 Å². The maximum Gasteiger partial charge on any atom is 0.338 e. The van der Waals surface area contributed by atoms with Crippen molar-refractivity contribution in [3.63, 3.8) is 0 Å². The Morgan fingerprint density at radius 3 is 2.39 bits per heavy atom. The number of nitrogens with one attached hydrogen (secondary N) is 1. The van der Waals surface area contributed by atoms with Crippen molar-refractivity contribution < 1.29 is 32.3 Å². The van der Waals surface area contributed by atoms with E-state index in [1.807, 2.05) is 0 Å². The molecule has 168 valence electrons. The van der Waals surface area contributed by atoms with Gasteiger partial charge in [-0.3, -0.25) is 9.59 Å². The smallest absolute Gasteiger partial charge is 0.338 e. The first-order chi connectivity index (χ1) is 14.3. The Morgan fingerprint density at radius 1 is 1.13 bits per heavy atom. The molecule has 0 atom stereocenters. The number of methoxy groups -OCH3 is 1. The van der Waals surface area contributed by atoms with Gasteiger partial charge in [0.25, 0.3) is 0 Å². The number of sulfonamides is 1. The monoisotopic (exact) mass is 468 g/mol. The third-order valence-corrected chi connectivity index (χ3v) is 6.14. The van der Waals surface area contributed by atoms with Gasteiger partial charge in [-0.05, 0) is 30.3 Å². The van der Waals surface area contributed by atoms with E-state index >= 15 is 0 Å². The number of ether oxygens (including phenoxy) is 2. The van der Waals surface area contributed by atoms with Crippen molar-refractivity contribution in [2.24, 2.45) is 10.6 Å². The molecule has 2 aromatic rings. The summed E-state index contributed by atoms with van der Waals surface area (Å²) in [5.74, 6) is -1.43. The Hall–Kier alpha value is -2.76. The third-order valence-electron chi connectivity index (χ3n) is 4.08. The van der Waals surface area contributed by atoms with Crippen LogP contribution in [0.2, 0.25) is 0 Å². The second kappa shape index (κ2) is 9.58. The van der Waals surface area contributed by atoms with Crippen LogP contribution in [0, 0.1) is 5.41 Å². The van der Waals surface area contributed by atoms with Gasteiger partial charge in [-0.2, -0.15) is 0 Å². The van der Waals surface area contributed by atoms with E-state index in [4.69, 9.17) is 14.6 Å². The number of Topliss-reactive ketones (excluding diaryl/α,β-unsaturated/α-hetero) is 1. The van der Waals surface area contributed by atoms with Crippen LogP contribution in [0.1, 0.15) is 45.7 Å². The van der Waals surface area contributed by atoms with Crippen molar-refractivity contribution in [1.29, 1.82) is 0 Å². The molecule has 0 aliphatic heterocycles. The standard InChI is InChI=1S/C20H24N2O7S2/c1-20(2,3)19(25)22-10-13-6-8-16(30-13)14(23)11-29-18(24)12-5-7-15(28-4)17(9-12)31(21,26)27/h5-9H,10-11H2,1-4H3,(H,22,25)(H2,21,26,27). The van der Waals surface area contributed by atoms with E-state index in [0.717, 1.165) is 10.9 Å². The average molecular weight is 469 g/mol. The van der Waals surface area contributed by atoms with Crippen LogP contribution in [-0.4, -0.2) is 39.8 Å². The largest absolute Gasteiger partial charge is 0.495 e. The molecule has 0 saturated heterocycles. The van der Waals surface area contributed by atoms with Crippen molar-refractivity contribution in [3.8, 4) is 5.75 Å². The number of amides is 1. The highest BCUT2D eigenvalue weighted by molar-refractivity contribution is 7.89. The molecule has 0 radical (unpaired) electrons. The van der Waals surface area contributed by atoms with Crippen molar-refractivity contribution >= 4 is 39.0 Å². The van der Waals surface area contributed by atoms with Gasteiger partial charge in [-0.15, -0.1) is 11.3 Å². The number of hydrogen-bond donors (Lipinski definition) is 2. The summed E-state index contributed by atoms with van der Waals surface area (Å²) in [6.07, 6.45) is 0. The predicted octanol–water partition coefficient (Wildman–Crippen LogP) is 2.11. The summed E-state index contributed by atoms with van der Waals surface area (Å²) in [6, 6.07) is 6.91. The molecule has 2 rings (SSSR count). The molecular weight excluding hydrogens is 444 g/mol. The average Bonchev–Trinajstić information content (AvgIpc) is 3.17. The number of hydrogen-bond acceptors (Lipinski definition) is 8. The minimum atomic E-state index is -4.12. The number of ketones is 1. The molecule has 1 amide bonds. The van der Waals surface area contributed by atoms with Crippen LogP contribution in [0.3, 0.4) is 0 Å².